The van der Waals surface area contributed by atoms with Gasteiger partial charge in [-0.25, -0.2) is 0 Å². The Labute approximate surface area is 114 Å². The zero-order valence-corrected chi connectivity index (χ0v) is 11.2. The first-order valence-electron chi connectivity index (χ1n) is 6.65. The van der Waals surface area contributed by atoms with Crippen molar-refractivity contribution in [3.63, 3.8) is 0 Å². The van der Waals surface area contributed by atoms with Gasteiger partial charge in [-0.1, -0.05) is 30.7 Å². The third-order valence-corrected chi connectivity index (χ3v) is 3.56. The zero-order valence-electron chi connectivity index (χ0n) is 11.2. The molecule has 1 amide bonds. The number of hydrogen-bond donors (Lipinski definition) is 2. The summed E-state index contributed by atoms with van der Waals surface area (Å²) in [5, 5.41) is 11.8. The second-order valence-corrected chi connectivity index (χ2v) is 5.26. The van der Waals surface area contributed by atoms with Gasteiger partial charge in [0.25, 0.3) is 5.91 Å². The quantitative estimate of drug-likeness (QED) is 0.797. The second-order valence-electron chi connectivity index (χ2n) is 5.26. The normalized spacial score (nSPS) is 16.5. The average molecular weight is 257 g/mol. The lowest BCUT2D eigenvalue weighted by molar-refractivity contribution is 0.0908. The van der Waals surface area contributed by atoms with Crippen LogP contribution in [0.25, 0.3) is 0 Å². The van der Waals surface area contributed by atoms with Gasteiger partial charge in [0, 0.05) is 16.7 Å². The number of benzene rings is 1. The van der Waals surface area contributed by atoms with Gasteiger partial charge in [-0.3, -0.25) is 4.79 Å². The van der Waals surface area contributed by atoms with Crippen LogP contribution in [0.15, 0.2) is 24.3 Å². The summed E-state index contributed by atoms with van der Waals surface area (Å²) in [4.78, 5) is 12.2. The summed E-state index contributed by atoms with van der Waals surface area (Å²) in [7, 11) is 0. The minimum absolute atomic E-state index is 0.0444. The number of carbonyl (C=O) groups is 1. The fourth-order valence-corrected chi connectivity index (χ4v) is 2.51. The van der Waals surface area contributed by atoms with E-state index in [4.69, 9.17) is 5.11 Å². The minimum atomic E-state index is -0.172. The van der Waals surface area contributed by atoms with Crippen molar-refractivity contribution in [2.75, 3.05) is 6.61 Å². The van der Waals surface area contributed by atoms with Gasteiger partial charge in [0.15, 0.2) is 0 Å². The van der Waals surface area contributed by atoms with Crippen LogP contribution in [0.4, 0.5) is 0 Å². The highest BCUT2D eigenvalue weighted by molar-refractivity contribution is 5.95. The number of carbonyl (C=O) groups excluding carboxylic acids is 1. The Balaban J connectivity index is 2.10. The second kappa shape index (κ2) is 5.90. The topological polar surface area (TPSA) is 49.3 Å². The summed E-state index contributed by atoms with van der Waals surface area (Å²) in [6.45, 7) is 1.93. The maximum Gasteiger partial charge on any atom is 0.251 e. The summed E-state index contributed by atoms with van der Waals surface area (Å²) < 4.78 is 0. The van der Waals surface area contributed by atoms with E-state index in [0.717, 1.165) is 18.4 Å². The van der Waals surface area contributed by atoms with Crippen molar-refractivity contribution in [3.05, 3.63) is 35.4 Å². The van der Waals surface area contributed by atoms with Crippen LogP contribution in [0.1, 0.15) is 48.5 Å². The third kappa shape index (κ3) is 3.59. The van der Waals surface area contributed by atoms with E-state index in [1.54, 1.807) is 12.1 Å². The van der Waals surface area contributed by atoms with E-state index in [1.807, 2.05) is 12.1 Å². The fraction of sp³-hybridized carbons (Fsp3) is 0.438. The maximum absolute atomic E-state index is 12.2. The van der Waals surface area contributed by atoms with Crippen LogP contribution in [0.5, 0.6) is 0 Å². The summed E-state index contributed by atoms with van der Waals surface area (Å²) >= 11 is 0. The van der Waals surface area contributed by atoms with Gasteiger partial charge in [0.2, 0.25) is 0 Å². The molecular weight excluding hydrogens is 238 g/mol. The highest BCUT2D eigenvalue weighted by Gasteiger charge is 2.30. The molecule has 2 rings (SSSR count). The number of nitrogens with one attached hydrogen (secondary N) is 1. The molecule has 2 N–H and O–H groups in total. The van der Waals surface area contributed by atoms with Crippen molar-refractivity contribution in [3.8, 4) is 11.8 Å². The molecule has 1 fully saturated rings. The Morgan fingerprint density at radius 3 is 2.84 bits per heavy atom. The van der Waals surface area contributed by atoms with Gasteiger partial charge in [-0.15, -0.1) is 0 Å². The third-order valence-electron chi connectivity index (χ3n) is 3.56. The van der Waals surface area contributed by atoms with Crippen molar-refractivity contribution in [2.45, 2.75) is 38.1 Å². The van der Waals surface area contributed by atoms with E-state index in [-0.39, 0.29) is 18.1 Å². The van der Waals surface area contributed by atoms with Crippen LogP contribution in [0, 0.1) is 11.8 Å². The lowest BCUT2D eigenvalue weighted by Gasteiger charge is -2.25. The molecule has 0 unspecified atom stereocenters. The highest BCUT2D eigenvalue weighted by atomic mass is 16.2. The smallest absolute Gasteiger partial charge is 0.251 e. The van der Waals surface area contributed by atoms with E-state index in [2.05, 4.69) is 24.1 Å². The van der Waals surface area contributed by atoms with Crippen LogP contribution in [0.3, 0.4) is 0 Å². The molecule has 1 aromatic rings. The Morgan fingerprint density at radius 2 is 2.16 bits per heavy atom. The van der Waals surface area contributed by atoms with E-state index >= 15 is 0 Å². The largest absolute Gasteiger partial charge is 0.384 e. The van der Waals surface area contributed by atoms with Gasteiger partial charge in [0.05, 0.1) is 0 Å². The zero-order chi connectivity index (χ0) is 13.7. The molecule has 0 heterocycles. The molecule has 0 saturated heterocycles. The molecule has 100 valence electrons. The number of hydrogen-bond acceptors (Lipinski definition) is 2. The molecular formula is C16H19NO2. The summed E-state index contributed by atoms with van der Waals surface area (Å²) in [6, 6.07) is 7.19. The number of amides is 1. The predicted octanol–water partition coefficient (Wildman–Crippen LogP) is 2.09. The van der Waals surface area contributed by atoms with Gasteiger partial charge < -0.3 is 10.4 Å². The molecule has 1 aliphatic rings. The van der Waals surface area contributed by atoms with Crippen molar-refractivity contribution >= 4 is 5.91 Å². The minimum Gasteiger partial charge on any atom is -0.384 e. The number of aliphatic hydroxyl groups is 1. The Hall–Kier alpha value is -1.79. The lowest BCUT2D eigenvalue weighted by atomic mass is 10.00. The number of rotatable bonds is 2. The van der Waals surface area contributed by atoms with Gasteiger partial charge >= 0.3 is 0 Å². The van der Waals surface area contributed by atoms with E-state index in [1.165, 1.54) is 12.8 Å². The molecule has 3 heteroatoms. The van der Waals surface area contributed by atoms with Crippen LogP contribution in [-0.2, 0) is 0 Å². The van der Waals surface area contributed by atoms with Crippen LogP contribution >= 0.6 is 0 Å². The highest BCUT2D eigenvalue weighted by Crippen LogP contribution is 2.29. The first kappa shape index (κ1) is 13.6. The van der Waals surface area contributed by atoms with Gasteiger partial charge in [0.1, 0.15) is 6.61 Å². The predicted molar refractivity (Wildman–Crippen MR) is 74.7 cm³/mol. The van der Waals surface area contributed by atoms with E-state index < -0.39 is 0 Å². The van der Waals surface area contributed by atoms with Gasteiger partial charge in [-0.05, 0) is 38.0 Å². The summed E-state index contributed by atoms with van der Waals surface area (Å²) in [5.74, 6) is 5.35. The molecule has 0 spiro atoms. The standard InChI is InChI=1S/C16H19NO2/c1-16(9-2-3-10-16)17-15(19)14-8-4-6-13(12-14)7-5-11-18/h4,6,8,12,18H,2-3,9-11H2,1H3,(H,17,19). The van der Waals surface area contributed by atoms with Crippen molar-refractivity contribution in [1.29, 1.82) is 0 Å². The van der Waals surface area contributed by atoms with Crippen LogP contribution < -0.4 is 5.32 Å². The molecule has 0 aromatic heterocycles. The van der Waals surface area contributed by atoms with Crippen molar-refractivity contribution in [2.24, 2.45) is 0 Å². The van der Waals surface area contributed by atoms with Crippen molar-refractivity contribution in [1.82, 2.24) is 5.32 Å². The van der Waals surface area contributed by atoms with Crippen LogP contribution in [0.2, 0.25) is 0 Å². The SMILES string of the molecule is CC1(NC(=O)c2cccc(C#CCO)c2)CCCC1. The first-order chi connectivity index (χ1) is 9.13. The Bertz CT molecular complexity index is 519. The molecule has 3 nitrogen and oxygen atoms in total. The summed E-state index contributed by atoms with van der Waals surface area (Å²) in [5.41, 5.74) is 1.31. The van der Waals surface area contributed by atoms with E-state index in [9.17, 15) is 4.79 Å². The van der Waals surface area contributed by atoms with Gasteiger partial charge in [-0.2, -0.15) is 0 Å². The van der Waals surface area contributed by atoms with Crippen LogP contribution in [-0.4, -0.2) is 23.2 Å². The first-order valence-corrected chi connectivity index (χ1v) is 6.65. The monoisotopic (exact) mass is 257 g/mol. The molecule has 0 aliphatic heterocycles. The van der Waals surface area contributed by atoms with Crippen molar-refractivity contribution < 1.29 is 9.90 Å². The lowest BCUT2D eigenvalue weighted by Crippen LogP contribution is -2.43. The maximum atomic E-state index is 12.2. The molecule has 1 aromatic carbocycles. The summed E-state index contributed by atoms with van der Waals surface area (Å²) in [6.07, 6.45) is 4.45. The molecule has 0 atom stereocenters. The molecule has 0 bridgehead atoms. The molecule has 0 radical (unpaired) electrons. The Kier molecular flexibility index (Phi) is 4.24. The fourth-order valence-electron chi connectivity index (χ4n) is 2.51. The molecule has 1 aliphatic carbocycles. The van der Waals surface area contributed by atoms with E-state index in [0.29, 0.717) is 5.56 Å². The Morgan fingerprint density at radius 1 is 1.42 bits per heavy atom. The molecule has 1 saturated carbocycles. The average Bonchev–Trinajstić information content (AvgIpc) is 2.83. The number of aliphatic hydroxyl groups excluding tert-OH is 1. The molecule has 19 heavy (non-hydrogen) atoms.